The summed E-state index contributed by atoms with van der Waals surface area (Å²) in [4.78, 5) is 56.0. The Labute approximate surface area is 321 Å². The smallest absolute Gasteiger partial charge is 0.341 e. The lowest BCUT2D eigenvalue weighted by Gasteiger charge is -2.18. The van der Waals surface area contributed by atoms with Crippen LogP contribution in [0, 0.1) is 0 Å². The Kier molecular flexibility index (Phi) is 12.5. The van der Waals surface area contributed by atoms with Gasteiger partial charge in [-0.3, -0.25) is 14.4 Å². The van der Waals surface area contributed by atoms with Gasteiger partial charge in [0.1, 0.15) is 27.4 Å². The van der Waals surface area contributed by atoms with Gasteiger partial charge in [0, 0.05) is 26.6 Å². The molecule has 1 atom stereocenters. The summed E-state index contributed by atoms with van der Waals surface area (Å²) in [5, 5.41) is 8.50. The second kappa shape index (κ2) is 17.8. The predicted molar refractivity (Wildman–Crippen MR) is 212 cm³/mol. The molecular weight excluding hydrogens is 723 g/mol. The molecule has 10 nitrogen and oxygen atoms in total. The van der Waals surface area contributed by atoms with Gasteiger partial charge in [0.25, 0.3) is 11.8 Å². The zero-order valence-corrected chi connectivity index (χ0v) is 31.6. The van der Waals surface area contributed by atoms with Crippen LogP contribution in [0.4, 0.5) is 10.7 Å². The third-order valence-corrected chi connectivity index (χ3v) is 11.2. The summed E-state index contributed by atoms with van der Waals surface area (Å²) in [6, 6.07) is 30.2. The van der Waals surface area contributed by atoms with E-state index in [0.717, 1.165) is 41.7 Å². The Morgan fingerprint density at radius 3 is 2.26 bits per heavy atom. The van der Waals surface area contributed by atoms with Gasteiger partial charge in [-0.25, -0.2) is 4.79 Å². The molecule has 12 heteroatoms. The predicted octanol–water partition coefficient (Wildman–Crippen LogP) is 8.31. The first-order valence-corrected chi connectivity index (χ1v) is 18.9. The Balaban J connectivity index is 1.27. The SMILES string of the molecule is COC(=O)c1c(NC(=O)C(Sc2cccc(NC(=O)/C(=C\c3cc(OC)ccc3OC)NC(=O)c3ccccc3)c2)c2ccccc2)sc2c1CCCC2. The third kappa shape index (κ3) is 9.02. The molecule has 1 aliphatic rings. The lowest BCUT2D eigenvalue weighted by atomic mass is 9.95. The quantitative estimate of drug-likeness (QED) is 0.0621. The summed E-state index contributed by atoms with van der Waals surface area (Å²) >= 11 is 2.74. The van der Waals surface area contributed by atoms with Gasteiger partial charge in [0.2, 0.25) is 5.91 Å². The fourth-order valence-corrected chi connectivity index (χ4v) is 8.45. The Morgan fingerprint density at radius 1 is 0.796 bits per heavy atom. The van der Waals surface area contributed by atoms with E-state index in [-0.39, 0.29) is 11.6 Å². The van der Waals surface area contributed by atoms with Gasteiger partial charge in [-0.15, -0.1) is 23.1 Å². The van der Waals surface area contributed by atoms with Crippen molar-refractivity contribution in [3.63, 3.8) is 0 Å². The Bertz CT molecular complexity index is 2180. The maximum absolute atomic E-state index is 14.1. The van der Waals surface area contributed by atoms with Gasteiger partial charge in [0.15, 0.2) is 0 Å². The summed E-state index contributed by atoms with van der Waals surface area (Å²) in [5.41, 5.74) is 3.44. The molecule has 276 valence electrons. The fourth-order valence-electron chi connectivity index (χ4n) is 6.08. The molecule has 0 bridgehead atoms. The normalized spacial score (nSPS) is 12.8. The zero-order valence-electron chi connectivity index (χ0n) is 30.0. The van der Waals surface area contributed by atoms with Crippen molar-refractivity contribution >= 4 is 63.6 Å². The molecule has 0 aliphatic heterocycles. The van der Waals surface area contributed by atoms with E-state index in [1.54, 1.807) is 66.7 Å². The monoisotopic (exact) mass is 761 g/mol. The van der Waals surface area contributed by atoms with Crippen molar-refractivity contribution in [2.24, 2.45) is 0 Å². The molecule has 4 aromatic carbocycles. The van der Waals surface area contributed by atoms with Crippen molar-refractivity contribution in [1.82, 2.24) is 5.32 Å². The van der Waals surface area contributed by atoms with Crippen LogP contribution in [0.3, 0.4) is 0 Å². The van der Waals surface area contributed by atoms with Crippen LogP contribution in [0.5, 0.6) is 11.5 Å². The minimum Gasteiger partial charge on any atom is -0.497 e. The first kappa shape index (κ1) is 37.9. The minimum atomic E-state index is -0.706. The molecule has 3 N–H and O–H groups in total. The first-order valence-electron chi connectivity index (χ1n) is 17.2. The molecule has 3 amide bonds. The number of methoxy groups -OCH3 is 3. The van der Waals surface area contributed by atoms with Gasteiger partial charge >= 0.3 is 5.97 Å². The topological polar surface area (TPSA) is 132 Å². The molecule has 0 radical (unpaired) electrons. The lowest BCUT2D eigenvalue weighted by Crippen LogP contribution is -2.30. The molecule has 54 heavy (non-hydrogen) atoms. The molecule has 6 rings (SSSR count). The van der Waals surface area contributed by atoms with E-state index in [2.05, 4.69) is 16.0 Å². The molecule has 1 aliphatic carbocycles. The molecular formula is C42H39N3O7S2. The van der Waals surface area contributed by atoms with Gasteiger partial charge in [-0.1, -0.05) is 54.6 Å². The molecule has 1 heterocycles. The van der Waals surface area contributed by atoms with Crippen molar-refractivity contribution in [2.75, 3.05) is 32.0 Å². The van der Waals surface area contributed by atoms with Crippen molar-refractivity contribution in [2.45, 2.75) is 35.8 Å². The molecule has 0 saturated carbocycles. The van der Waals surface area contributed by atoms with Crippen LogP contribution in [-0.2, 0) is 27.2 Å². The van der Waals surface area contributed by atoms with E-state index in [1.807, 2.05) is 36.4 Å². The van der Waals surface area contributed by atoms with E-state index in [0.29, 0.717) is 43.8 Å². The van der Waals surface area contributed by atoms with Crippen molar-refractivity contribution in [3.05, 3.63) is 142 Å². The average Bonchev–Trinajstić information content (AvgIpc) is 3.57. The van der Waals surface area contributed by atoms with Crippen molar-refractivity contribution in [3.8, 4) is 11.5 Å². The van der Waals surface area contributed by atoms with E-state index in [4.69, 9.17) is 14.2 Å². The molecule has 1 aromatic heterocycles. The van der Waals surface area contributed by atoms with Crippen molar-refractivity contribution in [1.29, 1.82) is 0 Å². The summed E-state index contributed by atoms with van der Waals surface area (Å²) < 4.78 is 16.0. The van der Waals surface area contributed by atoms with Gasteiger partial charge in [-0.05, 0) is 91.4 Å². The highest BCUT2D eigenvalue weighted by molar-refractivity contribution is 8.00. The molecule has 0 saturated heterocycles. The highest BCUT2D eigenvalue weighted by Gasteiger charge is 2.30. The Morgan fingerprint density at radius 2 is 1.54 bits per heavy atom. The highest BCUT2D eigenvalue weighted by atomic mass is 32.2. The van der Waals surface area contributed by atoms with Crippen LogP contribution in [0.2, 0.25) is 0 Å². The summed E-state index contributed by atoms with van der Waals surface area (Å²) in [5.74, 6) is -0.804. The van der Waals surface area contributed by atoms with Gasteiger partial charge in [0.05, 0.1) is 26.9 Å². The summed E-state index contributed by atoms with van der Waals surface area (Å²) in [7, 11) is 4.39. The van der Waals surface area contributed by atoms with Gasteiger partial charge in [-0.2, -0.15) is 0 Å². The molecule has 0 spiro atoms. The lowest BCUT2D eigenvalue weighted by molar-refractivity contribution is -0.116. The zero-order chi connectivity index (χ0) is 38.0. The van der Waals surface area contributed by atoms with Crippen LogP contribution in [0.1, 0.15) is 60.4 Å². The number of hydrogen-bond acceptors (Lipinski definition) is 9. The number of carbonyl (C=O) groups excluding carboxylic acids is 4. The van der Waals surface area contributed by atoms with Crippen LogP contribution in [-0.4, -0.2) is 45.0 Å². The van der Waals surface area contributed by atoms with E-state index < -0.39 is 23.0 Å². The summed E-state index contributed by atoms with van der Waals surface area (Å²) in [6.07, 6.45) is 5.15. The van der Waals surface area contributed by atoms with E-state index in [1.165, 1.54) is 50.5 Å². The maximum atomic E-state index is 14.1. The first-order chi connectivity index (χ1) is 26.3. The number of ether oxygens (including phenoxy) is 3. The van der Waals surface area contributed by atoms with Gasteiger partial charge < -0.3 is 30.2 Å². The molecule has 1 unspecified atom stereocenters. The number of esters is 1. The number of thiophene rings is 1. The van der Waals surface area contributed by atoms with Crippen LogP contribution < -0.4 is 25.4 Å². The van der Waals surface area contributed by atoms with Crippen LogP contribution in [0.15, 0.2) is 114 Å². The minimum absolute atomic E-state index is 0.0324. The molecule has 5 aromatic rings. The second-order valence-corrected chi connectivity index (χ2v) is 14.6. The number of amides is 3. The largest absolute Gasteiger partial charge is 0.497 e. The van der Waals surface area contributed by atoms with Crippen LogP contribution >= 0.6 is 23.1 Å². The van der Waals surface area contributed by atoms with Crippen LogP contribution in [0.25, 0.3) is 6.08 Å². The number of carbonyl (C=O) groups is 4. The maximum Gasteiger partial charge on any atom is 0.341 e. The number of aryl methyl sites for hydroxylation is 1. The van der Waals surface area contributed by atoms with Crippen molar-refractivity contribution < 1.29 is 33.4 Å². The Hall–Kier alpha value is -5.85. The standard InChI is InChI=1S/C42H39N3O7S2/c1-50-30-21-22-34(51-2)28(23-30)24-33(44-38(46)27-15-8-5-9-16-27)39(47)43-29-17-12-18-31(25-29)53-37(26-13-6-4-7-14-26)40(48)45-41-36(42(49)52-3)32-19-10-11-20-35(32)54-41/h4-9,12-18,21-25,37H,10-11,19-20H2,1-3H3,(H,43,47)(H,44,46)(H,45,48)/b33-24+. The number of nitrogens with one attached hydrogen (secondary N) is 3. The fraction of sp³-hybridized carbons (Fsp3) is 0.190. The number of benzene rings is 4. The van der Waals surface area contributed by atoms with E-state index in [9.17, 15) is 19.2 Å². The summed E-state index contributed by atoms with van der Waals surface area (Å²) in [6.45, 7) is 0. The number of fused-ring (bicyclic) bond motifs is 1. The van der Waals surface area contributed by atoms with E-state index >= 15 is 0 Å². The number of rotatable bonds is 13. The third-order valence-electron chi connectivity index (χ3n) is 8.75. The highest BCUT2D eigenvalue weighted by Crippen LogP contribution is 2.41. The average molecular weight is 762 g/mol. The number of anilines is 2. The second-order valence-electron chi connectivity index (χ2n) is 12.3. The number of hydrogen-bond donors (Lipinski definition) is 3. The molecule has 0 fully saturated rings. The number of thioether (sulfide) groups is 1.